The molecule has 174 valence electrons. The van der Waals surface area contributed by atoms with Gasteiger partial charge in [-0.05, 0) is 0 Å². The molecule has 3 atom stereocenters. The Balaban J connectivity index is 6.04. The maximum absolute atomic E-state index is 10.5. The number of hydrogen-bond donors (Lipinski definition) is 1. The first-order valence-electron chi connectivity index (χ1n) is 12.4. The molecular weight excluding hydrogens is 477 g/mol. The van der Waals surface area contributed by atoms with Gasteiger partial charge in [-0.3, -0.25) is 0 Å². The number of hydrogen-bond acceptors (Lipinski definition) is 3. The number of aliphatic hydroxyl groups excluding tert-OH is 1. The number of ether oxygens (including phenoxy) is 1. The summed E-state index contributed by atoms with van der Waals surface area (Å²) in [5.41, 5.74) is 0. The van der Waals surface area contributed by atoms with Gasteiger partial charge in [0.25, 0.3) is 0 Å². The summed E-state index contributed by atoms with van der Waals surface area (Å²) in [6.07, 6.45) is 13.7. The third kappa shape index (κ3) is 11.3. The summed E-state index contributed by atoms with van der Waals surface area (Å²) in [7, 11) is 0. The van der Waals surface area contributed by atoms with Crippen LogP contribution in [0.25, 0.3) is 0 Å². The molecule has 0 radical (unpaired) electrons. The summed E-state index contributed by atoms with van der Waals surface area (Å²) in [6.45, 7) is 15.8. The van der Waals surface area contributed by atoms with Crippen molar-refractivity contribution in [3.8, 4) is 6.07 Å². The van der Waals surface area contributed by atoms with E-state index in [-0.39, 0.29) is 18.4 Å². The van der Waals surface area contributed by atoms with Crippen LogP contribution in [-0.2, 0) is 4.74 Å². The van der Waals surface area contributed by atoms with Gasteiger partial charge in [-0.1, -0.05) is 0 Å². The van der Waals surface area contributed by atoms with Gasteiger partial charge < -0.3 is 0 Å². The van der Waals surface area contributed by atoms with Crippen molar-refractivity contribution in [3.05, 3.63) is 22.3 Å². The van der Waals surface area contributed by atoms with Gasteiger partial charge in [0.05, 0.1) is 0 Å². The van der Waals surface area contributed by atoms with Crippen LogP contribution in [0.4, 0.5) is 0 Å². The summed E-state index contributed by atoms with van der Waals surface area (Å²) in [5.74, 6) is -0.000158. The Morgan fingerprint density at radius 2 is 1.57 bits per heavy atom. The monoisotopic (exact) mass is 527 g/mol. The standard InChI is InChI=1S/C14H22NO2.3C4H9.Sn/c1-4-5-6-11-17-13(3)8-7-12(2)14(16)9-10-15;3*1-3-4-2;/h4,7,12-14,16H,1,5-6,9,11H2,2-3H3;3*1,3-4H2,2H3;/t12-,13?,14-;;;;/m0..../s1. The van der Waals surface area contributed by atoms with E-state index >= 15 is 0 Å². The first kappa shape index (κ1) is 29.7. The molecule has 4 heteroatoms. The van der Waals surface area contributed by atoms with Crippen molar-refractivity contribution >= 4 is 18.4 Å². The van der Waals surface area contributed by atoms with Crippen LogP contribution in [0.2, 0.25) is 13.3 Å². The molecular formula is C26H49NO2Sn. The SMILES string of the molecule is C=CCCCOC(C)/[C](=C/[C@H](C)[C@@H](O)CC#N)[Sn]([CH2]CCC)([CH2]CCC)[CH2]CCC. The van der Waals surface area contributed by atoms with Crippen molar-refractivity contribution in [2.24, 2.45) is 5.92 Å². The predicted molar refractivity (Wildman–Crippen MR) is 133 cm³/mol. The molecule has 30 heavy (non-hydrogen) atoms. The number of nitrogens with zero attached hydrogens (tertiary/aromatic N) is 1. The van der Waals surface area contributed by atoms with Crippen molar-refractivity contribution in [2.45, 2.75) is 118 Å². The minimum absolute atomic E-state index is 0.000158. The number of rotatable bonds is 19. The quantitative estimate of drug-likeness (QED) is 0.107. The van der Waals surface area contributed by atoms with E-state index in [9.17, 15) is 5.11 Å². The van der Waals surface area contributed by atoms with E-state index < -0.39 is 24.5 Å². The summed E-state index contributed by atoms with van der Waals surface area (Å²) in [5, 5.41) is 19.5. The van der Waals surface area contributed by atoms with Crippen LogP contribution in [0.5, 0.6) is 0 Å². The van der Waals surface area contributed by atoms with Gasteiger partial charge in [0.15, 0.2) is 0 Å². The van der Waals surface area contributed by atoms with Crippen LogP contribution >= 0.6 is 0 Å². The number of unbranched alkanes of at least 4 members (excludes halogenated alkanes) is 4. The number of aliphatic hydroxyl groups is 1. The molecule has 0 aromatic heterocycles. The van der Waals surface area contributed by atoms with E-state index in [1.165, 1.54) is 51.8 Å². The molecule has 0 rings (SSSR count). The summed E-state index contributed by atoms with van der Waals surface area (Å²) < 4.78 is 12.1. The zero-order chi connectivity index (χ0) is 22.8. The fourth-order valence-corrected chi connectivity index (χ4v) is 22.2. The van der Waals surface area contributed by atoms with Crippen LogP contribution in [0.1, 0.15) is 92.4 Å². The fourth-order valence-electron chi connectivity index (χ4n) is 4.35. The number of nitriles is 1. The van der Waals surface area contributed by atoms with E-state index in [4.69, 9.17) is 10.00 Å². The second kappa shape index (κ2) is 18.3. The van der Waals surface area contributed by atoms with Crippen molar-refractivity contribution in [1.29, 1.82) is 5.26 Å². The van der Waals surface area contributed by atoms with Crippen LogP contribution in [-0.4, -0.2) is 42.3 Å². The zero-order valence-corrected chi connectivity index (χ0v) is 23.4. The summed E-state index contributed by atoms with van der Waals surface area (Å²) in [4.78, 5) is 0. The van der Waals surface area contributed by atoms with E-state index in [1.54, 1.807) is 3.59 Å². The van der Waals surface area contributed by atoms with Gasteiger partial charge in [0.2, 0.25) is 0 Å². The minimum atomic E-state index is -2.68. The fraction of sp³-hybridized carbons (Fsp3) is 0.808. The molecule has 0 aromatic rings. The normalized spacial score (nSPS) is 15.4. The van der Waals surface area contributed by atoms with Gasteiger partial charge in [-0.15, -0.1) is 0 Å². The average Bonchev–Trinajstić information content (AvgIpc) is 2.74. The van der Waals surface area contributed by atoms with Gasteiger partial charge in [-0.2, -0.15) is 0 Å². The molecule has 0 heterocycles. The molecule has 0 aliphatic rings. The van der Waals surface area contributed by atoms with Gasteiger partial charge in [0.1, 0.15) is 0 Å². The van der Waals surface area contributed by atoms with E-state index in [1.807, 2.05) is 6.08 Å². The Bertz CT molecular complexity index is 490. The first-order chi connectivity index (χ1) is 14.4. The summed E-state index contributed by atoms with van der Waals surface area (Å²) >= 11 is -2.68. The van der Waals surface area contributed by atoms with E-state index in [0.717, 1.165) is 19.4 Å². The number of allylic oxidation sites excluding steroid dienone is 1. The molecule has 0 aromatic carbocycles. The zero-order valence-electron chi connectivity index (χ0n) is 20.6. The van der Waals surface area contributed by atoms with Crippen LogP contribution in [0, 0.1) is 17.2 Å². The molecule has 1 unspecified atom stereocenters. The van der Waals surface area contributed by atoms with E-state index in [0.29, 0.717) is 0 Å². The topological polar surface area (TPSA) is 53.2 Å². The third-order valence-electron chi connectivity index (χ3n) is 6.35. The second-order valence-electron chi connectivity index (χ2n) is 8.95. The Morgan fingerprint density at radius 3 is 2.00 bits per heavy atom. The second-order valence-corrected chi connectivity index (χ2v) is 22.2. The molecule has 0 bridgehead atoms. The Kier molecular flexibility index (Phi) is 18.1. The average molecular weight is 526 g/mol. The first-order valence-corrected chi connectivity index (χ1v) is 19.9. The van der Waals surface area contributed by atoms with Crippen LogP contribution < -0.4 is 0 Å². The van der Waals surface area contributed by atoms with Crippen LogP contribution in [0.15, 0.2) is 22.3 Å². The van der Waals surface area contributed by atoms with Crippen molar-refractivity contribution in [1.82, 2.24) is 0 Å². The molecule has 0 saturated carbocycles. The van der Waals surface area contributed by atoms with Gasteiger partial charge >= 0.3 is 192 Å². The predicted octanol–water partition coefficient (Wildman–Crippen LogP) is 7.58. The molecule has 0 saturated heterocycles. The Morgan fingerprint density at radius 1 is 1.03 bits per heavy atom. The van der Waals surface area contributed by atoms with Gasteiger partial charge in [0, 0.05) is 0 Å². The Hall–Kier alpha value is -0.311. The Labute approximate surface area is 191 Å². The van der Waals surface area contributed by atoms with E-state index in [2.05, 4.69) is 53.3 Å². The van der Waals surface area contributed by atoms with Crippen molar-refractivity contribution in [2.75, 3.05) is 6.61 Å². The molecule has 3 nitrogen and oxygen atoms in total. The molecule has 0 aliphatic heterocycles. The van der Waals surface area contributed by atoms with Gasteiger partial charge in [-0.25, -0.2) is 0 Å². The molecule has 1 N–H and O–H groups in total. The molecule has 0 amide bonds. The van der Waals surface area contributed by atoms with Crippen molar-refractivity contribution in [3.63, 3.8) is 0 Å². The maximum atomic E-state index is 10.5. The third-order valence-corrected chi connectivity index (χ3v) is 22.7. The van der Waals surface area contributed by atoms with Crippen molar-refractivity contribution < 1.29 is 9.84 Å². The molecule has 0 aliphatic carbocycles. The summed E-state index contributed by atoms with van der Waals surface area (Å²) in [6, 6.07) is 2.14. The molecule has 0 fully saturated rings. The van der Waals surface area contributed by atoms with Crippen LogP contribution in [0.3, 0.4) is 0 Å². The molecule has 0 spiro atoms.